The van der Waals surface area contributed by atoms with Crippen molar-refractivity contribution in [3.05, 3.63) is 42.2 Å². The predicted molar refractivity (Wildman–Crippen MR) is 103 cm³/mol. The van der Waals surface area contributed by atoms with E-state index in [1.54, 1.807) is 18.9 Å². The monoisotopic (exact) mass is 386 g/mol. The lowest BCUT2D eigenvalue weighted by Gasteiger charge is -2.46. The van der Waals surface area contributed by atoms with E-state index in [0.717, 1.165) is 23.5 Å². The maximum absolute atomic E-state index is 13.5. The normalized spacial score (nSPS) is 39.2. The summed E-state index contributed by atoms with van der Waals surface area (Å²) < 4.78 is 17.6. The van der Waals surface area contributed by atoms with Gasteiger partial charge in [0.2, 0.25) is 0 Å². The summed E-state index contributed by atoms with van der Waals surface area (Å²) in [6, 6.07) is 10.3. The molecule has 27 heavy (non-hydrogen) atoms. The first-order valence-corrected chi connectivity index (χ1v) is 10.5. The number of benzene rings is 1. The highest BCUT2D eigenvalue weighted by Crippen LogP contribution is 2.85. The lowest BCUT2D eigenvalue weighted by molar-refractivity contribution is -0.157. The van der Waals surface area contributed by atoms with Gasteiger partial charge in [-0.25, -0.2) is 0 Å². The molecule has 0 aromatic heterocycles. The second-order valence-electron chi connectivity index (χ2n) is 8.98. The summed E-state index contributed by atoms with van der Waals surface area (Å²) in [5.74, 6) is 0.889. The van der Waals surface area contributed by atoms with Gasteiger partial charge >= 0.3 is 5.97 Å². The summed E-state index contributed by atoms with van der Waals surface area (Å²) in [6.45, 7) is 5.23. The molecule has 1 aliphatic heterocycles. The number of esters is 1. The largest absolute Gasteiger partial charge is 0.500 e. The molecule has 5 rings (SSSR count). The molecule has 1 heterocycles. The summed E-state index contributed by atoms with van der Waals surface area (Å²) in [6.07, 6.45) is 4.22. The van der Waals surface area contributed by atoms with E-state index in [1.165, 1.54) is 7.11 Å². The van der Waals surface area contributed by atoms with Crippen molar-refractivity contribution in [1.29, 1.82) is 0 Å². The van der Waals surface area contributed by atoms with Crippen molar-refractivity contribution in [2.45, 2.75) is 42.4 Å². The second kappa shape index (κ2) is 5.32. The Labute approximate surface area is 164 Å². The van der Waals surface area contributed by atoms with Gasteiger partial charge in [-0.15, -0.1) is 11.8 Å². The number of epoxide rings is 1. The average molecular weight is 387 g/mol. The Kier molecular flexibility index (Phi) is 3.48. The summed E-state index contributed by atoms with van der Waals surface area (Å²) >= 11 is 1.76. The van der Waals surface area contributed by atoms with Crippen LogP contribution in [0.1, 0.15) is 26.7 Å². The van der Waals surface area contributed by atoms with Crippen molar-refractivity contribution >= 4 is 17.7 Å². The van der Waals surface area contributed by atoms with E-state index in [0.29, 0.717) is 6.61 Å². The third-order valence-corrected chi connectivity index (χ3v) is 8.82. The number of fused-ring (bicyclic) bond motifs is 1. The molecule has 0 amide bonds. The van der Waals surface area contributed by atoms with Gasteiger partial charge in [0.25, 0.3) is 0 Å². The SMILES string of the molecule is COC(=O)[C@]12C(OC)=CC(C)(C)[C@H](C13CC3)[C@@]1(CO1)[C@H]2Sc1ccccc1. The van der Waals surface area contributed by atoms with E-state index in [-0.39, 0.29) is 33.6 Å². The first-order chi connectivity index (χ1) is 12.9. The molecule has 1 aromatic rings. The Morgan fingerprint density at radius 3 is 2.37 bits per heavy atom. The number of thioether (sulfide) groups is 1. The maximum atomic E-state index is 13.5. The third-order valence-electron chi connectivity index (χ3n) is 7.29. The zero-order valence-electron chi connectivity index (χ0n) is 16.3. The molecule has 1 saturated heterocycles. The van der Waals surface area contributed by atoms with Gasteiger partial charge in [0.1, 0.15) is 16.8 Å². The number of rotatable bonds is 4. The van der Waals surface area contributed by atoms with Crippen molar-refractivity contribution in [2.24, 2.45) is 22.2 Å². The van der Waals surface area contributed by atoms with E-state index >= 15 is 0 Å². The summed E-state index contributed by atoms with van der Waals surface area (Å²) in [5, 5.41) is -0.0553. The van der Waals surface area contributed by atoms with Crippen LogP contribution in [0.3, 0.4) is 0 Å². The van der Waals surface area contributed by atoms with Crippen LogP contribution >= 0.6 is 11.8 Å². The van der Waals surface area contributed by atoms with E-state index in [9.17, 15) is 4.79 Å². The molecule has 4 nitrogen and oxygen atoms in total. The van der Waals surface area contributed by atoms with Crippen LogP contribution in [-0.4, -0.2) is 37.6 Å². The van der Waals surface area contributed by atoms with Gasteiger partial charge in [-0.2, -0.15) is 0 Å². The Morgan fingerprint density at radius 1 is 1.19 bits per heavy atom. The second-order valence-corrected chi connectivity index (χ2v) is 10.2. The van der Waals surface area contributed by atoms with Crippen molar-refractivity contribution < 1.29 is 19.0 Å². The van der Waals surface area contributed by atoms with Crippen molar-refractivity contribution in [3.63, 3.8) is 0 Å². The summed E-state index contributed by atoms with van der Waals surface area (Å²) in [7, 11) is 3.18. The summed E-state index contributed by atoms with van der Waals surface area (Å²) in [4.78, 5) is 14.6. The molecule has 1 aromatic carbocycles. The smallest absolute Gasteiger partial charge is 0.321 e. The number of hydrogen-bond acceptors (Lipinski definition) is 5. The van der Waals surface area contributed by atoms with Gasteiger partial charge in [-0.3, -0.25) is 4.79 Å². The van der Waals surface area contributed by atoms with Crippen LogP contribution in [0.4, 0.5) is 0 Å². The van der Waals surface area contributed by atoms with Crippen LogP contribution in [0.2, 0.25) is 0 Å². The molecule has 0 N–H and O–H groups in total. The van der Waals surface area contributed by atoms with Crippen LogP contribution in [0.25, 0.3) is 0 Å². The van der Waals surface area contributed by atoms with Crippen LogP contribution in [0.5, 0.6) is 0 Å². The molecule has 5 heteroatoms. The molecule has 0 radical (unpaired) electrons. The Balaban J connectivity index is 1.75. The van der Waals surface area contributed by atoms with Gasteiger partial charge in [0, 0.05) is 16.2 Å². The lowest BCUT2D eigenvalue weighted by atomic mass is 9.58. The fraction of sp³-hybridized carbons (Fsp3) is 0.591. The van der Waals surface area contributed by atoms with Gasteiger partial charge in [-0.1, -0.05) is 32.0 Å². The number of methoxy groups -OCH3 is 2. The fourth-order valence-electron chi connectivity index (χ4n) is 6.56. The van der Waals surface area contributed by atoms with Crippen molar-refractivity contribution in [2.75, 3.05) is 20.8 Å². The van der Waals surface area contributed by atoms with Gasteiger partial charge in [0.05, 0.1) is 26.1 Å². The van der Waals surface area contributed by atoms with Crippen molar-refractivity contribution in [1.82, 2.24) is 0 Å². The van der Waals surface area contributed by atoms with Gasteiger partial charge in [0.15, 0.2) is 0 Å². The molecule has 3 fully saturated rings. The molecule has 2 bridgehead atoms. The first-order valence-electron chi connectivity index (χ1n) is 9.60. The molecule has 2 spiro atoms. The highest BCUT2D eigenvalue weighted by Gasteiger charge is 2.90. The molecule has 4 aliphatic rings. The van der Waals surface area contributed by atoms with E-state index in [4.69, 9.17) is 14.2 Å². The topological polar surface area (TPSA) is 48.1 Å². The van der Waals surface area contributed by atoms with Crippen LogP contribution in [0, 0.1) is 22.2 Å². The molecule has 3 aliphatic carbocycles. The Hall–Kier alpha value is -1.46. The number of carbonyl (C=O) groups is 1. The zero-order chi connectivity index (χ0) is 19.1. The van der Waals surface area contributed by atoms with Crippen LogP contribution in [-0.2, 0) is 19.0 Å². The Morgan fingerprint density at radius 2 is 1.85 bits per heavy atom. The number of ether oxygens (including phenoxy) is 3. The number of allylic oxidation sites excluding steroid dienone is 1. The minimum atomic E-state index is -0.784. The number of carbonyl (C=O) groups excluding carboxylic acids is 1. The van der Waals surface area contributed by atoms with Crippen molar-refractivity contribution in [3.8, 4) is 0 Å². The molecule has 2 saturated carbocycles. The van der Waals surface area contributed by atoms with E-state index in [2.05, 4.69) is 32.1 Å². The van der Waals surface area contributed by atoms with E-state index < -0.39 is 5.41 Å². The minimum absolute atomic E-state index is 0.0553. The lowest BCUT2D eigenvalue weighted by Crippen LogP contribution is -2.51. The molecule has 0 unspecified atom stereocenters. The molecular weight excluding hydrogens is 360 g/mol. The standard InChI is InChI=1S/C22H26O4S/c1-19(2)12-15(24-3)22(18(23)25-4)17(27-14-8-6-5-7-9-14)21(13-26-21)16(19)20(22)10-11-20/h5-9,12,16-17H,10-11,13H2,1-4H3/t16-,17-,21+,22-/m1/s1. The highest BCUT2D eigenvalue weighted by atomic mass is 32.2. The molecular formula is C22H26O4S. The van der Waals surface area contributed by atoms with Gasteiger partial charge < -0.3 is 14.2 Å². The molecule has 4 atom stereocenters. The van der Waals surface area contributed by atoms with E-state index in [1.807, 2.05) is 18.2 Å². The molecule has 144 valence electrons. The highest BCUT2D eigenvalue weighted by molar-refractivity contribution is 8.00. The van der Waals surface area contributed by atoms with Crippen LogP contribution in [0.15, 0.2) is 47.1 Å². The Bertz CT molecular complexity index is 822. The van der Waals surface area contributed by atoms with Gasteiger partial charge in [-0.05, 0) is 36.5 Å². The quantitative estimate of drug-likeness (QED) is 0.577. The average Bonchev–Trinajstić information content (AvgIpc) is 3.57. The fourth-order valence-corrected chi connectivity index (χ4v) is 8.24. The minimum Gasteiger partial charge on any atom is -0.500 e. The zero-order valence-corrected chi connectivity index (χ0v) is 17.1. The third kappa shape index (κ3) is 1.92. The summed E-state index contributed by atoms with van der Waals surface area (Å²) in [5.41, 5.74) is -1.31. The van der Waals surface area contributed by atoms with Crippen LogP contribution < -0.4 is 0 Å². The first kappa shape index (κ1) is 17.6. The number of hydrogen-bond donors (Lipinski definition) is 0. The maximum Gasteiger partial charge on any atom is 0.321 e. The predicted octanol–water partition coefficient (Wildman–Crippen LogP) is 4.06.